The first-order valence-corrected chi connectivity index (χ1v) is 9.70. The number of hydrogen-bond acceptors (Lipinski definition) is 3. The lowest BCUT2D eigenvalue weighted by molar-refractivity contribution is -0.137. The number of amides is 1. The minimum absolute atomic E-state index is 0.0343. The fourth-order valence-electron chi connectivity index (χ4n) is 2.40. The summed E-state index contributed by atoms with van der Waals surface area (Å²) >= 11 is 0. The van der Waals surface area contributed by atoms with Gasteiger partial charge in [0, 0.05) is 18.2 Å². The molecule has 9 heteroatoms. The maximum atomic E-state index is 12.7. The van der Waals surface area contributed by atoms with E-state index in [1.165, 1.54) is 0 Å². The third-order valence-electron chi connectivity index (χ3n) is 4.11. The van der Waals surface area contributed by atoms with E-state index in [2.05, 4.69) is 10.0 Å². The standard InChI is InChI=1S/C18H17F3N2O3S/c19-18(20,21)14-2-1-3-16(10-14)27(25,26)22-11-12-4-8-15(9-5-12)23-17(24)13-6-7-13/h1-5,8-10,13,22H,6-7,11H2,(H,23,24). The molecule has 2 N–H and O–H groups in total. The first-order valence-electron chi connectivity index (χ1n) is 8.22. The van der Waals surface area contributed by atoms with Crippen LogP contribution in [0.3, 0.4) is 0 Å². The first-order chi connectivity index (χ1) is 12.6. The first kappa shape index (κ1) is 19.4. The quantitative estimate of drug-likeness (QED) is 0.782. The lowest BCUT2D eigenvalue weighted by Crippen LogP contribution is -2.23. The Morgan fingerprint density at radius 1 is 1.07 bits per heavy atom. The van der Waals surface area contributed by atoms with Crippen LogP contribution in [-0.2, 0) is 27.5 Å². The summed E-state index contributed by atoms with van der Waals surface area (Å²) in [7, 11) is -4.09. The van der Waals surface area contributed by atoms with Crippen molar-refractivity contribution in [1.29, 1.82) is 0 Å². The predicted octanol–water partition coefficient (Wildman–Crippen LogP) is 3.53. The van der Waals surface area contributed by atoms with E-state index in [-0.39, 0.29) is 18.4 Å². The van der Waals surface area contributed by atoms with Crippen molar-refractivity contribution in [3.05, 3.63) is 59.7 Å². The molecule has 144 valence electrons. The molecule has 0 heterocycles. The Morgan fingerprint density at radius 3 is 2.33 bits per heavy atom. The molecule has 1 aliphatic rings. The maximum absolute atomic E-state index is 12.7. The zero-order chi connectivity index (χ0) is 19.7. The number of benzene rings is 2. The lowest BCUT2D eigenvalue weighted by Gasteiger charge is -2.11. The summed E-state index contributed by atoms with van der Waals surface area (Å²) in [6, 6.07) is 10.1. The van der Waals surface area contributed by atoms with Crippen LogP contribution in [0.15, 0.2) is 53.4 Å². The molecule has 5 nitrogen and oxygen atoms in total. The van der Waals surface area contributed by atoms with E-state index in [4.69, 9.17) is 0 Å². The molecule has 0 radical (unpaired) electrons. The van der Waals surface area contributed by atoms with E-state index in [1.807, 2.05) is 0 Å². The number of hydrogen-bond donors (Lipinski definition) is 2. The normalized spacial score (nSPS) is 14.8. The fraction of sp³-hybridized carbons (Fsp3) is 0.278. The molecule has 2 aromatic rings. The van der Waals surface area contributed by atoms with E-state index >= 15 is 0 Å². The Morgan fingerprint density at radius 2 is 1.74 bits per heavy atom. The summed E-state index contributed by atoms with van der Waals surface area (Å²) in [5, 5.41) is 2.77. The van der Waals surface area contributed by atoms with Gasteiger partial charge < -0.3 is 5.32 Å². The molecule has 0 aliphatic heterocycles. The van der Waals surface area contributed by atoms with Gasteiger partial charge in [0.25, 0.3) is 0 Å². The van der Waals surface area contributed by atoms with Gasteiger partial charge in [0.1, 0.15) is 0 Å². The highest BCUT2D eigenvalue weighted by atomic mass is 32.2. The predicted molar refractivity (Wildman–Crippen MR) is 93.3 cm³/mol. The third-order valence-corrected chi connectivity index (χ3v) is 5.51. The molecule has 0 unspecified atom stereocenters. The van der Waals surface area contributed by atoms with Crippen molar-refractivity contribution < 1.29 is 26.4 Å². The van der Waals surface area contributed by atoms with Crippen LogP contribution in [0.2, 0.25) is 0 Å². The van der Waals surface area contributed by atoms with Gasteiger partial charge in [-0.05, 0) is 48.7 Å². The van der Waals surface area contributed by atoms with Crippen LogP contribution < -0.4 is 10.0 Å². The van der Waals surface area contributed by atoms with Gasteiger partial charge in [-0.1, -0.05) is 18.2 Å². The lowest BCUT2D eigenvalue weighted by atomic mass is 10.2. The van der Waals surface area contributed by atoms with Crippen LogP contribution in [0.4, 0.5) is 18.9 Å². The van der Waals surface area contributed by atoms with Crippen LogP contribution in [0, 0.1) is 5.92 Å². The highest BCUT2D eigenvalue weighted by Crippen LogP contribution is 2.31. The molecule has 0 aromatic heterocycles. The van der Waals surface area contributed by atoms with Crippen LogP contribution in [-0.4, -0.2) is 14.3 Å². The average Bonchev–Trinajstić information content (AvgIpc) is 3.46. The second-order valence-corrected chi connectivity index (χ2v) is 8.08. The molecule has 27 heavy (non-hydrogen) atoms. The number of sulfonamides is 1. The highest BCUT2D eigenvalue weighted by Gasteiger charge is 2.31. The minimum Gasteiger partial charge on any atom is -0.326 e. The van der Waals surface area contributed by atoms with E-state index in [1.54, 1.807) is 24.3 Å². The summed E-state index contributed by atoms with van der Waals surface area (Å²) < 4.78 is 65.0. The van der Waals surface area contributed by atoms with Gasteiger partial charge in [-0.25, -0.2) is 13.1 Å². The second-order valence-electron chi connectivity index (χ2n) is 6.31. The third kappa shape index (κ3) is 5.08. The highest BCUT2D eigenvalue weighted by molar-refractivity contribution is 7.89. The number of anilines is 1. The summed E-state index contributed by atoms with van der Waals surface area (Å²) in [6.07, 6.45) is -2.84. The van der Waals surface area contributed by atoms with Crippen LogP contribution in [0.25, 0.3) is 0 Å². The van der Waals surface area contributed by atoms with Crippen LogP contribution in [0.1, 0.15) is 24.0 Å². The van der Waals surface area contributed by atoms with E-state index in [9.17, 15) is 26.4 Å². The van der Waals surface area contributed by atoms with Crippen molar-refractivity contribution >= 4 is 21.6 Å². The molecule has 2 aromatic carbocycles. The molecular weight excluding hydrogens is 381 g/mol. The Hall–Kier alpha value is -2.39. The van der Waals surface area contributed by atoms with Gasteiger partial charge >= 0.3 is 6.18 Å². The summed E-state index contributed by atoms with van der Waals surface area (Å²) in [5.41, 5.74) is 0.187. The molecule has 3 rings (SSSR count). The monoisotopic (exact) mass is 398 g/mol. The fourth-order valence-corrected chi connectivity index (χ4v) is 3.46. The summed E-state index contributed by atoms with van der Waals surface area (Å²) in [4.78, 5) is 11.2. The van der Waals surface area contributed by atoms with Gasteiger partial charge in [0.2, 0.25) is 15.9 Å². The van der Waals surface area contributed by atoms with Crippen LogP contribution >= 0.6 is 0 Å². The Labute approximate surface area is 154 Å². The second kappa shape index (κ2) is 7.32. The average molecular weight is 398 g/mol. The number of halogens is 3. The van der Waals surface area contributed by atoms with Gasteiger partial charge in [-0.3, -0.25) is 4.79 Å². The van der Waals surface area contributed by atoms with Crippen molar-refractivity contribution in [2.24, 2.45) is 5.92 Å². The number of rotatable bonds is 6. The molecule has 0 bridgehead atoms. The molecule has 0 spiro atoms. The van der Waals surface area contributed by atoms with E-state index < -0.39 is 26.7 Å². The summed E-state index contributed by atoms with van der Waals surface area (Å²) in [5.74, 6) is 0.0388. The Bertz CT molecular complexity index is 937. The Balaban J connectivity index is 1.64. The molecule has 0 atom stereocenters. The van der Waals surface area contributed by atoms with Crippen molar-refractivity contribution in [2.45, 2.75) is 30.5 Å². The number of carbonyl (C=O) groups excluding carboxylic acids is 1. The smallest absolute Gasteiger partial charge is 0.326 e. The van der Waals surface area contributed by atoms with Crippen LogP contribution in [0.5, 0.6) is 0 Å². The number of alkyl halides is 3. The molecule has 1 saturated carbocycles. The van der Waals surface area contributed by atoms with Gasteiger partial charge in [-0.15, -0.1) is 0 Å². The SMILES string of the molecule is O=C(Nc1ccc(CNS(=O)(=O)c2cccc(C(F)(F)F)c2)cc1)C1CC1. The van der Waals surface area contributed by atoms with Gasteiger partial charge in [-0.2, -0.15) is 13.2 Å². The van der Waals surface area contributed by atoms with E-state index in [0.717, 1.165) is 31.0 Å². The topological polar surface area (TPSA) is 75.3 Å². The van der Waals surface area contributed by atoms with Crippen molar-refractivity contribution in [3.63, 3.8) is 0 Å². The summed E-state index contributed by atoms with van der Waals surface area (Å²) in [6.45, 7) is -0.0879. The number of carbonyl (C=O) groups is 1. The van der Waals surface area contributed by atoms with Crippen molar-refractivity contribution in [1.82, 2.24) is 4.72 Å². The van der Waals surface area contributed by atoms with Crippen molar-refractivity contribution in [2.75, 3.05) is 5.32 Å². The molecule has 1 fully saturated rings. The van der Waals surface area contributed by atoms with Gasteiger partial charge in [0.15, 0.2) is 0 Å². The molecule has 0 saturated heterocycles. The largest absolute Gasteiger partial charge is 0.416 e. The zero-order valence-corrected chi connectivity index (χ0v) is 14.9. The number of nitrogens with one attached hydrogen (secondary N) is 2. The maximum Gasteiger partial charge on any atom is 0.416 e. The Kier molecular flexibility index (Phi) is 5.25. The minimum atomic E-state index is -4.62. The zero-order valence-electron chi connectivity index (χ0n) is 14.1. The molecule has 1 amide bonds. The van der Waals surface area contributed by atoms with Crippen molar-refractivity contribution in [3.8, 4) is 0 Å². The molecular formula is C18H17F3N2O3S. The van der Waals surface area contributed by atoms with Gasteiger partial charge in [0.05, 0.1) is 10.5 Å². The van der Waals surface area contributed by atoms with E-state index in [0.29, 0.717) is 17.3 Å². The molecule has 1 aliphatic carbocycles.